The van der Waals surface area contributed by atoms with Crippen molar-refractivity contribution in [3.63, 3.8) is 0 Å². The number of piperidine rings is 1. The average molecular weight is 577 g/mol. The predicted molar refractivity (Wildman–Crippen MR) is 155 cm³/mol. The number of nitrogens with zero attached hydrogens (tertiary/aromatic N) is 5. The Hall–Kier alpha value is -4.25. The molecule has 0 saturated carbocycles. The standard InChI is InChI=1S/C31H34F2N6O3/c1-30(2,3)42-29(40)39-12-9-18(10-13-39)19-6-7-25(35-16-19)37-28-36-17-24(33)26(38-28)20-14-21-22(31(4,5)41)8-11-34-27(21)23(32)15-20/h6-8,11,14-18,41H,9-10,12-13H2,1-5H3,(H,35,36,37,38). The lowest BCUT2D eigenvalue weighted by molar-refractivity contribution is 0.0204. The van der Waals surface area contributed by atoms with Gasteiger partial charge in [0.15, 0.2) is 5.82 Å². The molecule has 220 valence electrons. The molecule has 42 heavy (non-hydrogen) atoms. The minimum Gasteiger partial charge on any atom is -0.444 e. The summed E-state index contributed by atoms with van der Waals surface area (Å²) in [6.07, 6.45) is 5.51. The number of aromatic nitrogens is 4. The number of pyridine rings is 2. The van der Waals surface area contributed by atoms with E-state index in [1.807, 2.05) is 26.8 Å². The Morgan fingerprint density at radius 3 is 2.38 bits per heavy atom. The maximum atomic E-state index is 15.0. The van der Waals surface area contributed by atoms with Gasteiger partial charge in [0.2, 0.25) is 5.95 Å². The summed E-state index contributed by atoms with van der Waals surface area (Å²) in [5, 5.41) is 13.9. The lowest BCUT2D eigenvalue weighted by atomic mass is 9.90. The van der Waals surface area contributed by atoms with Crippen LogP contribution < -0.4 is 5.32 Å². The van der Waals surface area contributed by atoms with E-state index in [-0.39, 0.29) is 34.7 Å². The van der Waals surface area contributed by atoms with E-state index in [4.69, 9.17) is 4.74 Å². The van der Waals surface area contributed by atoms with Gasteiger partial charge in [0, 0.05) is 36.4 Å². The Morgan fingerprint density at radius 1 is 1.00 bits per heavy atom. The van der Waals surface area contributed by atoms with E-state index in [1.165, 1.54) is 12.3 Å². The number of benzene rings is 1. The summed E-state index contributed by atoms with van der Waals surface area (Å²) in [4.78, 5) is 31.0. The van der Waals surface area contributed by atoms with Crippen LogP contribution in [0.15, 0.2) is 48.9 Å². The molecule has 4 aromatic rings. The van der Waals surface area contributed by atoms with Crippen molar-refractivity contribution < 1.29 is 23.4 Å². The third-order valence-electron chi connectivity index (χ3n) is 7.12. The van der Waals surface area contributed by atoms with Crippen molar-refractivity contribution in [2.24, 2.45) is 0 Å². The molecule has 11 heteroatoms. The zero-order valence-corrected chi connectivity index (χ0v) is 24.3. The van der Waals surface area contributed by atoms with Gasteiger partial charge in [0.05, 0.1) is 11.8 Å². The zero-order chi connectivity index (χ0) is 30.2. The summed E-state index contributed by atoms with van der Waals surface area (Å²) in [7, 11) is 0. The van der Waals surface area contributed by atoms with E-state index in [0.29, 0.717) is 29.9 Å². The van der Waals surface area contributed by atoms with E-state index < -0.39 is 22.8 Å². The molecule has 0 radical (unpaired) electrons. The van der Waals surface area contributed by atoms with Crippen LogP contribution in [0.5, 0.6) is 0 Å². The van der Waals surface area contributed by atoms with Crippen molar-refractivity contribution in [3.8, 4) is 11.3 Å². The molecule has 1 aliphatic rings. The Labute approximate surface area is 243 Å². The van der Waals surface area contributed by atoms with Crippen LogP contribution in [0.4, 0.5) is 25.3 Å². The number of anilines is 2. The molecule has 1 aliphatic heterocycles. The fourth-order valence-corrected chi connectivity index (χ4v) is 5.07. The Kier molecular flexibility index (Phi) is 7.80. The first-order valence-corrected chi connectivity index (χ1v) is 13.8. The molecule has 4 heterocycles. The van der Waals surface area contributed by atoms with Gasteiger partial charge in [-0.15, -0.1) is 0 Å². The Bertz CT molecular complexity index is 1610. The van der Waals surface area contributed by atoms with Gasteiger partial charge >= 0.3 is 6.09 Å². The fraction of sp³-hybridized carbons (Fsp3) is 0.387. The highest BCUT2D eigenvalue weighted by molar-refractivity contribution is 5.88. The third kappa shape index (κ3) is 6.46. The molecular formula is C31H34F2N6O3. The second-order valence-corrected chi connectivity index (χ2v) is 12.0. The molecule has 0 spiro atoms. The first-order valence-electron chi connectivity index (χ1n) is 13.8. The number of halogens is 2. The van der Waals surface area contributed by atoms with Gasteiger partial charge in [0.1, 0.15) is 28.4 Å². The number of nitrogens with one attached hydrogen (secondary N) is 1. The van der Waals surface area contributed by atoms with Gasteiger partial charge in [-0.3, -0.25) is 4.98 Å². The normalized spacial score (nSPS) is 14.7. The molecule has 5 rings (SSSR count). The minimum atomic E-state index is -1.27. The number of likely N-dealkylation sites (tertiary alicyclic amines) is 1. The number of carbonyl (C=O) groups excluding carboxylic acids is 1. The Balaban J connectivity index is 1.31. The highest BCUT2D eigenvalue weighted by atomic mass is 19.1. The maximum Gasteiger partial charge on any atom is 0.410 e. The number of fused-ring (bicyclic) bond motifs is 1. The maximum absolute atomic E-state index is 15.0. The van der Waals surface area contributed by atoms with Crippen molar-refractivity contribution >= 4 is 28.8 Å². The number of amides is 1. The van der Waals surface area contributed by atoms with Crippen LogP contribution in [0, 0.1) is 11.6 Å². The quantitative estimate of drug-likeness (QED) is 0.279. The van der Waals surface area contributed by atoms with Gasteiger partial charge in [0.25, 0.3) is 0 Å². The number of rotatable bonds is 5. The summed E-state index contributed by atoms with van der Waals surface area (Å²) >= 11 is 0. The average Bonchev–Trinajstić information content (AvgIpc) is 2.93. The molecule has 1 saturated heterocycles. The van der Waals surface area contributed by atoms with Gasteiger partial charge in [-0.2, -0.15) is 0 Å². The van der Waals surface area contributed by atoms with Crippen molar-refractivity contribution in [3.05, 3.63) is 71.7 Å². The van der Waals surface area contributed by atoms with Crippen molar-refractivity contribution in [2.45, 2.75) is 64.6 Å². The number of hydrogen-bond donors (Lipinski definition) is 2. The molecule has 0 atom stereocenters. The largest absolute Gasteiger partial charge is 0.444 e. The first kappa shape index (κ1) is 29.2. The van der Waals surface area contributed by atoms with Crippen molar-refractivity contribution in [1.29, 1.82) is 0 Å². The topological polar surface area (TPSA) is 113 Å². The molecule has 1 aromatic carbocycles. The summed E-state index contributed by atoms with van der Waals surface area (Å²) in [5.41, 5.74) is -0.134. The molecule has 1 amide bonds. The third-order valence-corrected chi connectivity index (χ3v) is 7.12. The number of hydrogen-bond acceptors (Lipinski definition) is 8. The van der Waals surface area contributed by atoms with E-state index in [9.17, 15) is 14.3 Å². The van der Waals surface area contributed by atoms with Gasteiger partial charge < -0.3 is 20.1 Å². The van der Waals surface area contributed by atoms with Gasteiger partial charge in [-0.1, -0.05) is 6.07 Å². The molecule has 0 bridgehead atoms. The van der Waals surface area contributed by atoms with Crippen LogP contribution >= 0.6 is 0 Å². The second-order valence-electron chi connectivity index (χ2n) is 12.0. The van der Waals surface area contributed by atoms with Crippen LogP contribution in [0.1, 0.15) is 64.5 Å². The van der Waals surface area contributed by atoms with Crippen LogP contribution in [0.2, 0.25) is 0 Å². The highest BCUT2D eigenvalue weighted by Crippen LogP contribution is 2.33. The Morgan fingerprint density at radius 2 is 1.74 bits per heavy atom. The molecule has 0 unspecified atom stereocenters. The molecule has 1 fully saturated rings. The van der Waals surface area contributed by atoms with E-state index in [1.54, 1.807) is 43.1 Å². The van der Waals surface area contributed by atoms with Crippen molar-refractivity contribution in [1.82, 2.24) is 24.8 Å². The van der Waals surface area contributed by atoms with E-state index in [0.717, 1.165) is 24.6 Å². The van der Waals surface area contributed by atoms with Gasteiger partial charge in [-0.25, -0.2) is 28.5 Å². The van der Waals surface area contributed by atoms with Crippen LogP contribution in [0.3, 0.4) is 0 Å². The summed E-state index contributed by atoms with van der Waals surface area (Å²) < 4.78 is 35.4. The number of aliphatic hydroxyl groups is 1. The van der Waals surface area contributed by atoms with E-state index in [2.05, 4.69) is 25.3 Å². The molecule has 2 N–H and O–H groups in total. The van der Waals surface area contributed by atoms with Gasteiger partial charge in [-0.05, 0) is 88.8 Å². The highest BCUT2D eigenvalue weighted by Gasteiger charge is 2.28. The molecule has 9 nitrogen and oxygen atoms in total. The fourth-order valence-electron chi connectivity index (χ4n) is 5.07. The minimum absolute atomic E-state index is 0.0750. The summed E-state index contributed by atoms with van der Waals surface area (Å²) in [6, 6.07) is 8.08. The SMILES string of the molecule is CC(C)(C)OC(=O)N1CCC(c2ccc(Nc3ncc(F)c(-c4cc(F)c5nccc(C(C)(C)O)c5c4)n3)nc2)CC1. The van der Waals surface area contributed by atoms with Crippen molar-refractivity contribution in [2.75, 3.05) is 18.4 Å². The number of carbonyl (C=O) groups is 1. The van der Waals surface area contributed by atoms with E-state index >= 15 is 4.39 Å². The summed E-state index contributed by atoms with van der Waals surface area (Å²) in [6.45, 7) is 9.95. The zero-order valence-electron chi connectivity index (χ0n) is 24.3. The first-order chi connectivity index (χ1) is 19.8. The van der Waals surface area contributed by atoms with Crippen LogP contribution in [-0.2, 0) is 10.3 Å². The predicted octanol–water partition coefficient (Wildman–Crippen LogP) is 6.45. The molecule has 3 aromatic heterocycles. The smallest absolute Gasteiger partial charge is 0.410 e. The summed E-state index contributed by atoms with van der Waals surface area (Å²) in [5.74, 6) is -0.582. The lowest BCUT2D eigenvalue weighted by Gasteiger charge is -2.33. The van der Waals surface area contributed by atoms with Crippen LogP contribution in [0.25, 0.3) is 22.2 Å². The second kappa shape index (κ2) is 11.2. The van der Waals surface area contributed by atoms with Crippen LogP contribution in [-0.4, -0.2) is 54.7 Å². The molecular weight excluding hydrogens is 542 g/mol. The lowest BCUT2D eigenvalue weighted by Crippen LogP contribution is -2.41. The number of ether oxygens (including phenoxy) is 1. The molecule has 0 aliphatic carbocycles. The monoisotopic (exact) mass is 576 g/mol.